The summed E-state index contributed by atoms with van der Waals surface area (Å²) in [5.74, 6) is 5.16. The second-order valence-electron chi connectivity index (χ2n) is 11.3. The molecule has 0 spiro atoms. The van der Waals surface area contributed by atoms with Crippen molar-refractivity contribution in [3.05, 3.63) is 45.9 Å². The maximum Gasteiger partial charge on any atom is 0.270 e. The average Bonchev–Trinajstić information content (AvgIpc) is 3.49. The van der Waals surface area contributed by atoms with Crippen LogP contribution in [0.3, 0.4) is 0 Å². The van der Waals surface area contributed by atoms with Gasteiger partial charge in [-0.15, -0.1) is 11.3 Å². The van der Waals surface area contributed by atoms with Crippen molar-refractivity contribution in [2.24, 2.45) is 11.8 Å². The van der Waals surface area contributed by atoms with E-state index in [1.165, 1.54) is 11.3 Å². The van der Waals surface area contributed by atoms with Crippen LogP contribution in [0.1, 0.15) is 113 Å². The van der Waals surface area contributed by atoms with Crippen LogP contribution in [-0.2, 0) is 20.7 Å². The van der Waals surface area contributed by atoms with E-state index in [0.29, 0.717) is 43.8 Å². The predicted octanol–water partition coefficient (Wildman–Crippen LogP) is 5.27. The molecule has 10 nitrogen and oxygen atoms in total. The first-order chi connectivity index (χ1) is 20.6. The number of ether oxygens (including phenoxy) is 1. The monoisotopic (exact) mass is 617 g/mol. The molecule has 0 saturated heterocycles. The first-order valence-corrected chi connectivity index (χ1v) is 16.5. The highest BCUT2D eigenvalue weighted by atomic mass is 32.1. The van der Waals surface area contributed by atoms with E-state index in [-0.39, 0.29) is 59.7 Å². The maximum atomic E-state index is 13.4. The number of rotatable bonds is 20. The number of hydrazine groups is 1. The van der Waals surface area contributed by atoms with Crippen LogP contribution in [0.2, 0.25) is 0 Å². The number of thiazole rings is 1. The normalized spacial score (nSPS) is 13.4. The van der Waals surface area contributed by atoms with Gasteiger partial charge >= 0.3 is 0 Å². The maximum absolute atomic E-state index is 13.4. The summed E-state index contributed by atoms with van der Waals surface area (Å²) in [4.78, 5) is 45.1. The minimum absolute atomic E-state index is 0.0179. The van der Waals surface area contributed by atoms with Crippen molar-refractivity contribution in [3.63, 3.8) is 0 Å². The van der Waals surface area contributed by atoms with Gasteiger partial charge in [-0.1, -0.05) is 53.2 Å². The first kappa shape index (κ1) is 36.2. The Kier molecular flexibility index (Phi) is 16.2. The van der Waals surface area contributed by atoms with E-state index in [0.717, 1.165) is 31.2 Å². The number of benzene rings is 1. The number of phenolic OH excluding ortho intramolecular Hbond substituents is 1. The van der Waals surface area contributed by atoms with Gasteiger partial charge in [-0.2, -0.15) is 0 Å². The highest BCUT2D eigenvalue weighted by molar-refractivity contribution is 7.09. The number of carbonyl (C=O) groups excluding carboxylic acids is 3. The summed E-state index contributed by atoms with van der Waals surface area (Å²) >= 11 is 1.38. The van der Waals surface area contributed by atoms with Gasteiger partial charge in [-0.3, -0.25) is 19.8 Å². The van der Waals surface area contributed by atoms with Gasteiger partial charge in [0.2, 0.25) is 11.8 Å². The van der Waals surface area contributed by atoms with E-state index in [1.54, 1.807) is 29.6 Å². The second-order valence-corrected chi connectivity index (χ2v) is 12.2. The van der Waals surface area contributed by atoms with E-state index in [9.17, 15) is 19.5 Å². The van der Waals surface area contributed by atoms with Crippen LogP contribution in [0.15, 0.2) is 29.6 Å². The average molecular weight is 618 g/mol. The molecule has 0 aliphatic carbocycles. The number of hydrogen-bond donors (Lipinski definition) is 4. The lowest BCUT2D eigenvalue weighted by atomic mass is 9.95. The molecule has 3 atom stereocenters. The molecule has 1 heterocycles. The summed E-state index contributed by atoms with van der Waals surface area (Å²) in [6.45, 7) is 11.7. The summed E-state index contributed by atoms with van der Waals surface area (Å²) in [6.07, 6.45) is 5.35. The summed E-state index contributed by atoms with van der Waals surface area (Å²) in [5.41, 5.74) is 3.33. The minimum Gasteiger partial charge on any atom is -0.508 e. The van der Waals surface area contributed by atoms with Crippen LogP contribution in [0.4, 0.5) is 0 Å². The van der Waals surface area contributed by atoms with Crippen molar-refractivity contribution in [1.29, 1.82) is 0 Å². The molecule has 43 heavy (non-hydrogen) atoms. The lowest BCUT2D eigenvalue weighted by Crippen LogP contribution is -2.44. The topological polar surface area (TPSA) is 147 Å². The van der Waals surface area contributed by atoms with Crippen LogP contribution in [0.5, 0.6) is 5.75 Å². The molecule has 0 radical (unpaired) electrons. The van der Waals surface area contributed by atoms with Crippen LogP contribution in [-0.4, -0.2) is 57.9 Å². The van der Waals surface area contributed by atoms with Crippen LogP contribution in [0.25, 0.3) is 0 Å². The molecule has 3 unspecified atom stereocenters. The Bertz CT molecular complexity index is 1120. The number of aromatic hydroxyl groups is 1. The van der Waals surface area contributed by atoms with Crippen LogP contribution in [0, 0.1) is 5.92 Å². The molecule has 2 rings (SSSR count). The molecule has 0 aliphatic rings. The Hall–Kier alpha value is -3.02. The number of unbranched alkanes of at least 4 members (excludes halogenated alkanes) is 1. The van der Waals surface area contributed by atoms with Crippen molar-refractivity contribution < 1.29 is 24.2 Å². The first-order valence-electron chi connectivity index (χ1n) is 15.6. The summed E-state index contributed by atoms with van der Waals surface area (Å²) in [6, 6.07) is 6.38. The molecule has 0 aliphatic heterocycles. The van der Waals surface area contributed by atoms with Crippen molar-refractivity contribution in [3.8, 4) is 5.75 Å². The van der Waals surface area contributed by atoms with E-state index in [2.05, 4.69) is 45.4 Å². The Morgan fingerprint density at radius 2 is 1.79 bits per heavy atom. The lowest BCUT2D eigenvalue weighted by Gasteiger charge is -2.36. The van der Waals surface area contributed by atoms with Gasteiger partial charge in [0, 0.05) is 49.9 Å². The molecule has 0 bridgehead atoms. The van der Waals surface area contributed by atoms with Crippen molar-refractivity contribution in [1.82, 2.24) is 20.6 Å². The quantitative estimate of drug-likeness (QED) is 0.0899. The van der Waals surface area contributed by atoms with E-state index >= 15 is 0 Å². The fourth-order valence-electron chi connectivity index (χ4n) is 4.99. The third-order valence-electron chi connectivity index (χ3n) is 7.34. The molecule has 1 aromatic heterocycles. The van der Waals surface area contributed by atoms with E-state index < -0.39 is 0 Å². The molecule has 5 N–H and O–H groups in total. The zero-order valence-electron chi connectivity index (χ0n) is 26.4. The van der Waals surface area contributed by atoms with Crippen LogP contribution < -0.4 is 16.6 Å². The number of nitrogens with two attached hydrogens (primary N) is 1. The van der Waals surface area contributed by atoms with Gasteiger partial charge in [-0.25, -0.2) is 10.8 Å². The van der Waals surface area contributed by atoms with Crippen molar-refractivity contribution in [2.75, 3.05) is 13.2 Å². The summed E-state index contributed by atoms with van der Waals surface area (Å²) in [5, 5.41) is 15.1. The molecule has 11 heteroatoms. The van der Waals surface area contributed by atoms with Gasteiger partial charge in [0.1, 0.15) is 22.6 Å². The lowest BCUT2D eigenvalue weighted by molar-refractivity contribution is -0.135. The molecule has 240 valence electrons. The zero-order chi connectivity index (χ0) is 31.8. The van der Waals surface area contributed by atoms with Gasteiger partial charge < -0.3 is 20.1 Å². The van der Waals surface area contributed by atoms with Gasteiger partial charge in [0.15, 0.2) is 0 Å². The molecule has 0 fully saturated rings. The predicted molar refractivity (Wildman–Crippen MR) is 170 cm³/mol. The number of aromatic nitrogens is 1. The van der Waals surface area contributed by atoms with Gasteiger partial charge in [0.05, 0.1) is 0 Å². The SMILES string of the molecule is CCCCC(=O)N(CCC)C(CC(OCCC)c1nc(C(=O)NC(CCC(=O)NN)Cc2ccc(O)cc2)cs1)C(C)C. The highest BCUT2D eigenvalue weighted by Crippen LogP contribution is 2.31. The molecule has 3 amide bonds. The summed E-state index contributed by atoms with van der Waals surface area (Å²) < 4.78 is 6.29. The number of nitrogens with one attached hydrogen (secondary N) is 2. The fraction of sp³-hybridized carbons (Fsp3) is 0.625. The van der Waals surface area contributed by atoms with Gasteiger partial charge in [0.25, 0.3) is 5.91 Å². The Labute approximate surface area is 260 Å². The fourth-order valence-corrected chi connectivity index (χ4v) is 5.84. The number of hydrogen-bond acceptors (Lipinski definition) is 8. The largest absolute Gasteiger partial charge is 0.508 e. The Balaban J connectivity index is 2.25. The molecule has 0 saturated carbocycles. The highest BCUT2D eigenvalue weighted by Gasteiger charge is 2.31. The third-order valence-corrected chi connectivity index (χ3v) is 8.28. The number of amides is 3. The van der Waals surface area contributed by atoms with E-state index in [4.69, 9.17) is 15.6 Å². The third kappa shape index (κ3) is 12.2. The number of carbonyl (C=O) groups is 3. The van der Waals surface area contributed by atoms with Gasteiger partial charge in [-0.05, 0) is 55.7 Å². The van der Waals surface area contributed by atoms with Crippen molar-refractivity contribution in [2.45, 2.75) is 111 Å². The zero-order valence-corrected chi connectivity index (χ0v) is 27.3. The number of nitrogens with zero attached hydrogens (tertiary/aromatic N) is 2. The molecular formula is C32H51N5O5S. The summed E-state index contributed by atoms with van der Waals surface area (Å²) in [7, 11) is 0. The van der Waals surface area contributed by atoms with Crippen molar-refractivity contribution >= 4 is 29.1 Å². The smallest absolute Gasteiger partial charge is 0.270 e. The minimum atomic E-state index is -0.353. The Morgan fingerprint density at radius 3 is 2.40 bits per heavy atom. The molecule has 2 aromatic rings. The Morgan fingerprint density at radius 1 is 1.07 bits per heavy atom. The molecule has 1 aromatic carbocycles. The van der Waals surface area contributed by atoms with E-state index in [1.807, 2.05) is 4.90 Å². The standard InChI is InChI=1S/C32H51N5O5S/c1-6-9-10-30(40)37(17-7-2)27(22(4)5)20-28(42-18-8-3)32-35-26(21-43-32)31(41)34-24(13-16-29(39)36-33)19-23-11-14-25(38)15-12-23/h11-12,14-15,21-22,24,27-28,38H,6-10,13,16-20,33H2,1-5H3,(H,34,41)(H,36,39). The second kappa shape index (κ2) is 19.3. The van der Waals surface area contributed by atoms with Crippen LogP contribution >= 0.6 is 11.3 Å². The number of phenols is 1. The molecular weight excluding hydrogens is 566 g/mol.